The molecule has 3 rings (SSSR count). The van der Waals surface area contributed by atoms with E-state index in [4.69, 9.17) is 5.73 Å². The van der Waals surface area contributed by atoms with Gasteiger partial charge in [0.25, 0.3) is 0 Å². The Morgan fingerprint density at radius 2 is 1.78 bits per heavy atom. The highest BCUT2D eigenvalue weighted by atomic mass is 32.2. The Labute approximate surface area is 141 Å². The van der Waals surface area contributed by atoms with Gasteiger partial charge < -0.3 is 10.6 Å². The first-order valence-corrected chi connectivity index (χ1v) is 10.6. The molecule has 0 aromatic carbocycles. The molecule has 3 saturated heterocycles. The fourth-order valence-corrected chi connectivity index (χ4v) is 6.16. The van der Waals surface area contributed by atoms with E-state index in [0.717, 1.165) is 32.2 Å². The fraction of sp³-hybridized carbons (Fsp3) is 1.00. The topological polar surface area (TPSA) is 69.9 Å². The molecule has 0 aliphatic carbocycles. The van der Waals surface area contributed by atoms with Gasteiger partial charge in [-0.2, -0.15) is 0 Å². The van der Waals surface area contributed by atoms with Crippen molar-refractivity contribution in [1.82, 2.24) is 14.1 Å². The number of hydrogen-bond donors (Lipinski definition) is 1. The molecule has 4 atom stereocenters. The van der Waals surface area contributed by atoms with E-state index in [1.165, 1.54) is 12.8 Å². The van der Waals surface area contributed by atoms with Crippen molar-refractivity contribution >= 4 is 10.0 Å². The molecule has 3 heterocycles. The maximum Gasteiger partial charge on any atom is 0.214 e. The first-order valence-electron chi connectivity index (χ1n) is 9.02. The van der Waals surface area contributed by atoms with Gasteiger partial charge in [0.2, 0.25) is 10.0 Å². The van der Waals surface area contributed by atoms with Crippen LogP contribution in [-0.2, 0) is 10.0 Å². The van der Waals surface area contributed by atoms with Crippen LogP contribution in [0.1, 0.15) is 38.5 Å². The largest absolute Gasteiger partial charge is 0.328 e. The van der Waals surface area contributed by atoms with Crippen LogP contribution in [0.4, 0.5) is 0 Å². The third-order valence-electron chi connectivity index (χ3n) is 5.99. The molecule has 1 unspecified atom stereocenters. The van der Waals surface area contributed by atoms with Gasteiger partial charge >= 0.3 is 0 Å². The van der Waals surface area contributed by atoms with E-state index in [0.29, 0.717) is 37.3 Å². The zero-order valence-corrected chi connectivity index (χ0v) is 15.3. The molecule has 134 valence electrons. The van der Waals surface area contributed by atoms with Crippen LogP contribution in [-0.4, -0.2) is 86.2 Å². The Bertz CT molecular complexity index is 496. The average Bonchev–Trinajstić information content (AvgIpc) is 3.05. The number of fused-ring (bicyclic) bond motifs is 2. The van der Waals surface area contributed by atoms with Crippen molar-refractivity contribution in [3.63, 3.8) is 0 Å². The highest BCUT2D eigenvalue weighted by molar-refractivity contribution is 7.89. The van der Waals surface area contributed by atoms with Gasteiger partial charge in [-0.05, 0) is 59.2 Å². The summed E-state index contributed by atoms with van der Waals surface area (Å²) in [5, 5.41) is 0. The minimum atomic E-state index is -3.10. The lowest BCUT2D eigenvalue weighted by molar-refractivity contribution is 0.128. The predicted octanol–water partition coefficient (Wildman–Crippen LogP) is 0.296. The smallest absolute Gasteiger partial charge is 0.214 e. The van der Waals surface area contributed by atoms with E-state index in [-0.39, 0.29) is 5.75 Å². The maximum atomic E-state index is 12.5. The lowest BCUT2D eigenvalue weighted by atomic mass is 9.98. The Kier molecular flexibility index (Phi) is 5.33. The predicted molar refractivity (Wildman–Crippen MR) is 92.8 cm³/mol. The van der Waals surface area contributed by atoms with Crippen molar-refractivity contribution in [3.05, 3.63) is 0 Å². The van der Waals surface area contributed by atoms with Gasteiger partial charge in [0.15, 0.2) is 0 Å². The van der Waals surface area contributed by atoms with Crippen molar-refractivity contribution in [3.8, 4) is 0 Å². The van der Waals surface area contributed by atoms with Crippen LogP contribution in [0.2, 0.25) is 0 Å². The van der Waals surface area contributed by atoms with E-state index in [9.17, 15) is 8.42 Å². The van der Waals surface area contributed by atoms with Crippen LogP contribution in [0.3, 0.4) is 0 Å². The van der Waals surface area contributed by atoms with Crippen molar-refractivity contribution in [1.29, 1.82) is 0 Å². The van der Waals surface area contributed by atoms with Gasteiger partial charge in [0.05, 0.1) is 5.75 Å². The maximum absolute atomic E-state index is 12.5. The summed E-state index contributed by atoms with van der Waals surface area (Å²) in [5.41, 5.74) is 6.10. The monoisotopic (exact) mass is 344 g/mol. The third kappa shape index (κ3) is 3.90. The van der Waals surface area contributed by atoms with Gasteiger partial charge in [0.1, 0.15) is 0 Å². The van der Waals surface area contributed by atoms with Gasteiger partial charge in [-0.3, -0.25) is 4.90 Å². The molecule has 0 radical (unpaired) electrons. The zero-order chi connectivity index (χ0) is 16.6. The van der Waals surface area contributed by atoms with Crippen molar-refractivity contribution in [2.45, 2.75) is 62.7 Å². The summed E-state index contributed by atoms with van der Waals surface area (Å²) < 4.78 is 26.8. The molecule has 2 bridgehead atoms. The molecule has 3 aliphatic rings. The van der Waals surface area contributed by atoms with Crippen LogP contribution in [0.25, 0.3) is 0 Å². The molecule has 23 heavy (non-hydrogen) atoms. The van der Waals surface area contributed by atoms with Gasteiger partial charge in [0, 0.05) is 37.3 Å². The first-order chi connectivity index (χ1) is 10.9. The van der Waals surface area contributed by atoms with Gasteiger partial charge in [-0.15, -0.1) is 0 Å². The van der Waals surface area contributed by atoms with E-state index < -0.39 is 10.0 Å². The Morgan fingerprint density at radius 1 is 1.13 bits per heavy atom. The first kappa shape index (κ1) is 17.6. The standard InChI is InChI=1S/C16H32N4O2S/c1-18(2)16-6-8-19(12-16)23(21,22)9-3-7-20-14-4-5-15(20)11-13(17)10-14/h13-16H,3-12,17H2,1-2H3/t13?,14-,15+,16-/m1/s1. The highest BCUT2D eigenvalue weighted by Gasteiger charge is 2.39. The van der Waals surface area contributed by atoms with E-state index in [2.05, 4.69) is 9.80 Å². The van der Waals surface area contributed by atoms with Crippen molar-refractivity contribution in [2.75, 3.05) is 39.5 Å². The second-order valence-electron chi connectivity index (χ2n) is 7.79. The van der Waals surface area contributed by atoms with Crippen LogP contribution in [0.5, 0.6) is 0 Å². The van der Waals surface area contributed by atoms with Gasteiger partial charge in [-0.1, -0.05) is 0 Å². The van der Waals surface area contributed by atoms with E-state index >= 15 is 0 Å². The summed E-state index contributed by atoms with van der Waals surface area (Å²) in [6.45, 7) is 2.24. The molecule has 3 aliphatic heterocycles. The average molecular weight is 345 g/mol. The molecule has 6 nitrogen and oxygen atoms in total. The van der Waals surface area contributed by atoms with E-state index in [1.807, 2.05) is 14.1 Å². The quantitative estimate of drug-likeness (QED) is 0.750. The molecule has 0 aromatic rings. The molecule has 7 heteroatoms. The Balaban J connectivity index is 1.47. The van der Waals surface area contributed by atoms with Crippen molar-refractivity contribution in [2.24, 2.45) is 5.73 Å². The Morgan fingerprint density at radius 3 is 2.35 bits per heavy atom. The van der Waals surface area contributed by atoms with Gasteiger partial charge in [-0.25, -0.2) is 12.7 Å². The second kappa shape index (κ2) is 6.96. The van der Waals surface area contributed by atoms with Crippen LogP contribution in [0, 0.1) is 0 Å². The summed E-state index contributed by atoms with van der Waals surface area (Å²) in [5.74, 6) is 0.287. The number of piperidine rings is 1. The Hall–Kier alpha value is -0.210. The molecule has 0 amide bonds. The molecule has 3 fully saturated rings. The number of nitrogens with two attached hydrogens (primary N) is 1. The lowest BCUT2D eigenvalue weighted by Gasteiger charge is -2.37. The highest BCUT2D eigenvalue weighted by Crippen LogP contribution is 2.35. The summed E-state index contributed by atoms with van der Waals surface area (Å²) in [4.78, 5) is 4.66. The molecular weight excluding hydrogens is 312 g/mol. The number of hydrogen-bond acceptors (Lipinski definition) is 5. The number of sulfonamides is 1. The molecule has 0 aromatic heterocycles. The molecule has 0 spiro atoms. The van der Waals surface area contributed by atoms with Crippen LogP contribution in [0.15, 0.2) is 0 Å². The molecular formula is C16H32N4O2S. The lowest BCUT2D eigenvalue weighted by Crippen LogP contribution is -2.48. The number of rotatable bonds is 6. The fourth-order valence-electron chi connectivity index (χ4n) is 4.62. The minimum Gasteiger partial charge on any atom is -0.328 e. The second-order valence-corrected chi connectivity index (χ2v) is 9.88. The number of likely N-dealkylation sites (N-methyl/N-ethyl adjacent to an activating group) is 1. The van der Waals surface area contributed by atoms with Crippen LogP contribution < -0.4 is 5.73 Å². The summed E-state index contributed by atoms with van der Waals surface area (Å²) in [6.07, 6.45) is 6.33. The number of nitrogens with zero attached hydrogens (tertiary/aromatic N) is 3. The summed E-state index contributed by atoms with van der Waals surface area (Å²) in [6, 6.07) is 1.90. The molecule has 2 N–H and O–H groups in total. The molecule has 0 saturated carbocycles. The van der Waals surface area contributed by atoms with Crippen LogP contribution >= 0.6 is 0 Å². The normalized spacial score (nSPS) is 36.2. The van der Waals surface area contributed by atoms with E-state index in [1.54, 1.807) is 4.31 Å². The zero-order valence-electron chi connectivity index (χ0n) is 14.5. The third-order valence-corrected chi connectivity index (χ3v) is 7.91. The summed E-state index contributed by atoms with van der Waals surface area (Å²) in [7, 11) is 0.954. The minimum absolute atomic E-state index is 0.287. The SMILES string of the molecule is CN(C)[C@@H]1CCN(S(=O)(=O)CCCN2[C@@H]3CC[C@H]2CC(N)C3)C1. The van der Waals surface area contributed by atoms with Crippen molar-refractivity contribution < 1.29 is 8.42 Å². The summed E-state index contributed by atoms with van der Waals surface area (Å²) >= 11 is 0.